The lowest BCUT2D eigenvalue weighted by atomic mass is 9.99. The van der Waals surface area contributed by atoms with Gasteiger partial charge in [-0.25, -0.2) is 4.98 Å². The zero-order valence-corrected chi connectivity index (χ0v) is 11.8. The highest BCUT2D eigenvalue weighted by Crippen LogP contribution is 2.20. The Hall–Kier alpha value is -1.52. The first-order chi connectivity index (χ1) is 9.40. The second-order valence-corrected chi connectivity index (χ2v) is 6.43. The quantitative estimate of drug-likeness (QED) is 0.672. The summed E-state index contributed by atoms with van der Waals surface area (Å²) < 4.78 is 28.1. The summed E-state index contributed by atoms with van der Waals surface area (Å²) in [6, 6.07) is -0.528. The monoisotopic (exact) mass is 303 g/mol. The van der Waals surface area contributed by atoms with Crippen molar-refractivity contribution in [2.45, 2.75) is 25.8 Å². The molecule has 10 heteroatoms. The Morgan fingerprint density at radius 2 is 2.20 bits per heavy atom. The summed E-state index contributed by atoms with van der Waals surface area (Å²) in [4.78, 5) is 14.7. The Morgan fingerprint density at radius 1 is 1.55 bits per heavy atom. The van der Waals surface area contributed by atoms with Gasteiger partial charge in [0.05, 0.1) is 12.0 Å². The highest BCUT2D eigenvalue weighted by atomic mass is 32.2. The zero-order chi connectivity index (χ0) is 14.8. The van der Waals surface area contributed by atoms with Gasteiger partial charge in [0, 0.05) is 13.1 Å². The van der Waals surface area contributed by atoms with Gasteiger partial charge in [0.25, 0.3) is 10.2 Å². The van der Waals surface area contributed by atoms with E-state index >= 15 is 0 Å². The molecular weight excluding hydrogens is 286 g/mol. The molecule has 2 heterocycles. The summed E-state index contributed by atoms with van der Waals surface area (Å²) in [6.07, 6.45) is 1.96. The third kappa shape index (κ3) is 3.32. The van der Waals surface area contributed by atoms with Crippen LogP contribution in [0.5, 0.6) is 0 Å². The number of hydrogen-bond donors (Lipinski definition) is 3. The van der Waals surface area contributed by atoms with Gasteiger partial charge in [0.2, 0.25) is 0 Å². The van der Waals surface area contributed by atoms with Crippen LogP contribution in [0.4, 0.5) is 0 Å². The average Bonchev–Trinajstić information content (AvgIpc) is 2.92. The predicted octanol–water partition coefficient (Wildman–Crippen LogP) is -0.503. The van der Waals surface area contributed by atoms with Gasteiger partial charge in [-0.05, 0) is 19.8 Å². The number of nitrogens with zero attached hydrogens (tertiary/aromatic N) is 3. The van der Waals surface area contributed by atoms with E-state index in [1.165, 1.54) is 10.6 Å². The average molecular weight is 303 g/mol. The second kappa shape index (κ2) is 5.85. The molecule has 1 aliphatic heterocycles. The molecule has 1 aliphatic rings. The number of hydrogen-bond acceptors (Lipinski definition) is 5. The summed E-state index contributed by atoms with van der Waals surface area (Å²) in [7, 11) is -3.66. The lowest BCUT2D eigenvalue weighted by Gasteiger charge is -2.30. The Labute approximate surface area is 116 Å². The first-order valence-corrected chi connectivity index (χ1v) is 7.69. The van der Waals surface area contributed by atoms with Crippen LogP contribution in [0.25, 0.3) is 0 Å². The van der Waals surface area contributed by atoms with Gasteiger partial charge < -0.3 is 5.11 Å². The van der Waals surface area contributed by atoms with Crippen molar-refractivity contribution in [1.82, 2.24) is 24.2 Å². The minimum absolute atomic E-state index is 0.204. The van der Waals surface area contributed by atoms with Crippen LogP contribution < -0.4 is 4.72 Å². The minimum atomic E-state index is -3.66. The molecule has 1 saturated heterocycles. The van der Waals surface area contributed by atoms with Crippen LogP contribution in [-0.2, 0) is 15.0 Å². The van der Waals surface area contributed by atoms with E-state index in [1.54, 1.807) is 6.92 Å². The number of nitrogens with one attached hydrogen (secondary N) is 2. The smallest absolute Gasteiger partial charge is 0.306 e. The first kappa shape index (κ1) is 14.9. The van der Waals surface area contributed by atoms with E-state index in [9.17, 15) is 13.2 Å². The largest absolute Gasteiger partial charge is 0.481 e. The van der Waals surface area contributed by atoms with Crippen LogP contribution in [0.15, 0.2) is 6.33 Å². The van der Waals surface area contributed by atoms with Gasteiger partial charge >= 0.3 is 5.97 Å². The SMILES string of the molecule is CC(NS(=O)(=O)N1CCC(C(=O)O)CC1)c1ncn[nH]1. The van der Waals surface area contributed by atoms with E-state index < -0.39 is 28.1 Å². The normalized spacial score (nSPS) is 19.9. The highest BCUT2D eigenvalue weighted by Gasteiger charge is 2.32. The molecule has 1 atom stereocenters. The van der Waals surface area contributed by atoms with E-state index in [4.69, 9.17) is 5.11 Å². The van der Waals surface area contributed by atoms with Crippen molar-refractivity contribution in [1.29, 1.82) is 0 Å². The number of aromatic nitrogens is 3. The molecule has 9 nitrogen and oxygen atoms in total. The molecule has 1 fully saturated rings. The molecule has 0 saturated carbocycles. The van der Waals surface area contributed by atoms with Crippen LogP contribution in [0.2, 0.25) is 0 Å². The maximum absolute atomic E-state index is 12.2. The van der Waals surface area contributed by atoms with Gasteiger partial charge in [-0.1, -0.05) is 0 Å². The fourth-order valence-electron chi connectivity index (χ4n) is 2.12. The van der Waals surface area contributed by atoms with Crippen LogP contribution >= 0.6 is 0 Å². The molecular formula is C10H17N5O4S. The number of carbonyl (C=O) groups is 1. The molecule has 0 radical (unpaired) electrons. The van der Waals surface area contributed by atoms with E-state index in [2.05, 4.69) is 19.9 Å². The Bertz CT molecular complexity index is 550. The molecule has 0 spiro atoms. The molecule has 20 heavy (non-hydrogen) atoms. The third-order valence-electron chi connectivity index (χ3n) is 3.31. The van der Waals surface area contributed by atoms with Gasteiger partial charge in [-0.2, -0.15) is 22.5 Å². The molecule has 112 valence electrons. The van der Waals surface area contributed by atoms with Gasteiger partial charge in [0.1, 0.15) is 12.2 Å². The molecule has 0 aromatic carbocycles. The summed E-state index contributed by atoms with van der Waals surface area (Å²) in [5.74, 6) is -0.910. The third-order valence-corrected chi connectivity index (χ3v) is 5.01. The Kier molecular flexibility index (Phi) is 4.35. The highest BCUT2D eigenvalue weighted by molar-refractivity contribution is 7.87. The fourth-order valence-corrected chi connectivity index (χ4v) is 3.52. The lowest BCUT2D eigenvalue weighted by molar-refractivity contribution is -0.142. The fraction of sp³-hybridized carbons (Fsp3) is 0.700. The van der Waals surface area contributed by atoms with Crippen molar-refractivity contribution >= 4 is 16.2 Å². The minimum Gasteiger partial charge on any atom is -0.481 e. The molecule has 0 aliphatic carbocycles. The van der Waals surface area contributed by atoms with Crippen molar-refractivity contribution in [3.05, 3.63) is 12.2 Å². The van der Waals surface area contributed by atoms with Crippen molar-refractivity contribution < 1.29 is 18.3 Å². The number of rotatable bonds is 5. The molecule has 0 bridgehead atoms. The number of aliphatic carboxylic acids is 1. The summed E-state index contributed by atoms with van der Waals surface area (Å²) >= 11 is 0. The maximum atomic E-state index is 12.2. The van der Waals surface area contributed by atoms with Gasteiger partial charge in [-0.15, -0.1) is 0 Å². The molecule has 1 unspecified atom stereocenters. The number of H-pyrrole nitrogens is 1. The molecule has 1 aromatic heterocycles. The van der Waals surface area contributed by atoms with E-state index in [0.29, 0.717) is 18.7 Å². The van der Waals surface area contributed by atoms with E-state index in [0.717, 1.165) is 0 Å². The predicted molar refractivity (Wildman–Crippen MR) is 68.8 cm³/mol. The summed E-state index contributed by atoms with van der Waals surface area (Å²) in [6.45, 7) is 2.06. The molecule has 3 N–H and O–H groups in total. The molecule has 1 aromatic rings. The Morgan fingerprint density at radius 3 is 2.70 bits per heavy atom. The van der Waals surface area contributed by atoms with Crippen molar-refractivity contribution in [2.24, 2.45) is 5.92 Å². The molecule has 0 amide bonds. The first-order valence-electron chi connectivity index (χ1n) is 6.25. The lowest BCUT2D eigenvalue weighted by Crippen LogP contribution is -2.46. The number of carboxylic acid groups (broad SMARTS) is 1. The van der Waals surface area contributed by atoms with Gasteiger partial charge in [-0.3, -0.25) is 9.89 Å². The standard InChI is InChI=1S/C10H17N5O4S/c1-7(9-11-6-12-13-9)14-20(18,19)15-4-2-8(3-5-15)10(16)17/h6-8,14H,2-5H2,1H3,(H,16,17)(H,11,12,13). The molecule has 2 rings (SSSR count). The van der Waals surface area contributed by atoms with E-state index in [-0.39, 0.29) is 13.1 Å². The van der Waals surface area contributed by atoms with Gasteiger partial charge in [0.15, 0.2) is 0 Å². The Balaban J connectivity index is 1.96. The van der Waals surface area contributed by atoms with Crippen LogP contribution in [0.1, 0.15) is 31.6 Å². The van der Waals surface area contributed by atoms with Crippen LogP contribution in [0.3, 0.4) is 0 Å². The summed E-state index contributed by atoms with van der Waals surface area (Å²) in [5, 5.41) is 15.2. The second-order valence-electron chi connectivity index (χ2n) is 4.73. The van der Waals surface area contributed by atoms with Crippen molar-refractivity contribution in [3.8, 4) is 0 Å². The number of piperidine rings is 1. The number of aromatic amines is 1. The number of carboxylic acids is 1. The van der Waals surface area contributed by atoms with E-state index in [1.807, 2.05) is 0 Å². The van der Waals surface area contributed by atoms with Crippen LogP contribution in [-0.4, -0.2) is 52.1 Å². The zero-order valence-electron chi connectivity index (χ0n) is 11.0. The van der Waals surface area contributed by atoms with Crippen LogP contribution in [0, 0.1) is 5.92 Å². The topological polar surface area (TPSA) is 128 Å². The van der Waals surface area contributed by atoms with Crippen molar-refractivity contribution in [2.75, 3.05) is 13.1 Å². The van der Waals surface area contributed by atoms with Crippen molar-refractivity contribution in [3.63, 3.8) is 0 Å². The maximum Gasteiger partial charge on any atom is 0.306 e. The summed E-state index contributed by atoms with van der Waals surface area (Å²) in [5.41, 5.74) is 0.